The first-order valence-corrected chi connectivity index (χ1v) is 17.3. The van der Waals surface area contributed by atoms with E-state index in [0.29, 0.717) is 45.2 Å². The highest BCUT2D eigenvalue weighted by molar-refractivity contribution is 7.98. The van der Waals surface area contributed by atoms with Gasteiger partial charge in [-0.2, -0.15) is 23.5 Å². The highest BCUT2D eigenvalue weighted by Crippen LogP contribution is 2.02. The zero-order valence-corrected chi connectivity index (χ0v) is 26.9. The van der Waals surface area contributed by atoms with E-state index in [4.69, 9.17) is 0 Å². The van der Waals surface area contributed by atoms with Gasteiger partial charge in [0, 0.05) is 77.3 Å². The van der Waals surface area contributed by atoms with Crippen LogP contribution >= 0.6 is 23.5 Å². The lowest BCUT2D eigenvalue weighted by molar-refractivity contribution is -0.122. The van der Waals surface area contributed by atoms with Crippen molar-refractivity contribution in [2.75, 3.05) is 57.7 Å². The molecule has 0 aliphatic rings. The molecule has 0 aliphatic carbocycles. The van der Waals surface area contributed by atoms with Gasteiger partial charge >= 0.3 is 0 Å². The van der Waals surface area contributed by atoms with Crippen LogP contribution in [0.15, 0.2) is 0 Å². The second-order valence-corrected chi connectivity index (χ2v) is 11.3. The minimum Gasteiger partial charge on any atom is -0.359 e. The van der Waals surface area contributed by atoms with E-state index in [-0.39, 0.29) is 37.0 Å². The van der Waals surface area contributed by atoms with E-state index < -0.39 is 0 Å². The van der Waals surface area contributed by atoms with Crippen LogP contribution < -0.4 is 26.6 Å². The number of carbonyl (C=O) groups is 5. The Morgan fingerprint density at radius 3 is 1.02 bits per heavy atom. The summed E-state index contributed by atoms with van der Waals surface area (Å²) in [4.78, 5) is 56.1. The summed E-state index contributed by atoms with van der Waals surface area (Å²) in [5.74, 6) is 2.22. The van der Waals surface area contributed by atoms with Crippen molar-refractivity contribution in [1.82, 2.24) is 26.6 Å². The molecule has 0 rings (SSSR count). The Morgan fingerprint density at radius 1 is 0.439 bits per heavy atom. The maximum atomic E-state index is 11.6. The summed E-state index contributed by atoms with van der Waals surface area (Å²) < 4.78 is 0. The zero-order chi connectivity index (χ0) is 30.3. The fourth-order valence-corrected chi connectivity index (χ4v) is 4.13. The molecule has 5 N–H and O–H groups in total. The molecule has 5 amide bonds. The molecule has 0 bridgehead atoms. The van der Waals surface area contributed by atoms with Gasteiger partial charge in [0.15, 0.2) is 0 Å². The lowest BCUT2D eigenvalue weighted by Gasteiger charge is -2.06. The molecule has 0 aromatic carbocycles. The Kier molecular flexibility index (Phi) is 36.3. The van der Waals surface area contributed by atoms with Crippen molar-refractivity contribution in [3.05, 3.63) is 0 Å². The molecule has 12 heteroatoms. The third-order valence-corrected chi connectivity index (χ3v) is 7.06. The predicted octanol–water partition coefficient (Wildman–Crippen LogP) is 3.64. The van der Waals surface area contributed by atoms with E-state index in [9.17, 15) is 24.0 Å². The van der Waals surface area contributed by atoms with Gasteiger partial charge in [0.2, 0.25) is 29.5 Å². The minimum absolute atomic E-state index is 0. The largest absolute Gasteiger partial charge is 0.359 e. The smallest absolute Gasteiger partial charge is 0.220 e. The number of rotatable bonds is 24. The number of carbonyl (C=O) groups excluding carboxylic acids is 5. The molecule has 0 fully saturated rings. The summed E-state index contributed by atoms with van der Waals surface area (Å²) >= 11 is 3.35. The van der Waals surface area contributed by atoms with Crippen molar-refractivity contribution < 1.29 is 24.0 Å². The Bertz CT molecular complexity index is 684. The van der Waals surface area contributed by atoms with Crippen molar-refractivity contribution in [3.63, 3.8) is 0 Å². The molecule has 41 heavy (non-hydrogen) atoms. The summed E-state index contributed by atoms with van der Waals surface area (Å²) in [6.45, 7) is 2.10. The predicted molar refractivity (Wildman–Crippen MR) is 175 cm³/mol. The van der Waals surface area contributed by atoms with Crippen molar-refractivity contribution in [3.8, 4) is 0 Å². The normalized spacial score (nSPS) is 9.85. The van der Waals surface area contributed by atoms with Gasteiger partial charge in [-0.3, -0.25) is 24.0 Å². The van der Waals surface area contributed by atoms with Gasteiger partial charge in [0.25, 0.3) is 0 Å². The summed E-state index contributed by atoms with van der Waals surface area (Å²) in [7, 11) is 3.29. The SMILES string of the molecule is C.CNC(=O)CCCCCNC(=O)CCCCCNC(=O)CCSC.CNC(=O)CCCCCNC(=O)CCSC. The molecule has 0 unspecified atom stereocenters. The first kappa shape index (κ1) is 43.5. The maximum Gasteiger partial charge on any atom is 0.220 e. The number of nitrogens with one attached hydrogen (secondary N) is 5. The van der Waals surface area contributed by atoms with Gasteiger partial charge in [-0.1, -0.05) is 26.7 Å². The standard InChI is InChI=1S/C17H33N3O3S.C11H22N2O2S.CH4/c1-18-15(21)9-5-3-7-12-19-16(22)10-6-4-8-13-20-17(23)11-14-24-2;1-12-10(14)6-4-3-5-8-13-11(15)7-9-16-2;/h3-14H2,1-2H3,(H,18,21)(H,19,22)(H,20,23);3-9H2,1-2H3,(H,12,14)(H,13,15);1H4. The summed E-state index contributed by atoms with van der Waals surface area (Å²) in [5.41, 5.74) is 0. The molecule has 0 radical (unpaired) electrons. The van der Waals surface area contributed by atoms with Crippen LogP contribution in [-0.2, 0) is 24.0 Å². The Morgan fingerprint density at radius 2 is 0.732 bits per heavy atom. The molecule has 0 spiro atoms. The van der Waals surface area contributed by atoms with Crippen molar-refractivity contribution in [2.45, 2.75) is 97.3 Å². The second-order valence-electron chi connectivity index (χ2n) is 9.31. The van der Waals surface area contributed by atoms with Gasteiger partial charge in [0.1, 0.15) is 0 Å². The first-order valence-electron chi connectivity index (χ1n) is 14.5. The van der Waals surface area contributed by atoms with Gasteiger partial charge < -0.3 is 26.6 Å². The molecule has 0 aromatic heterocycles. The van der Waals surface area contributed by atoms with Crippen molar-refractivity contribution in [1.29, 1.82) is 0 Å². The fraction of sp³-hybridized carbons (Fsp3) is 0.828. The monoisotopic (exact) mass is 621 g/mol. The molecular formula is C29H59N5O5S2. The van der Waals surface area contributed by atoms with E-state index in [0.717, 1.165) is 75.8 Å². The lowest BCUT2D eigenvalue weighted by atomic mass is 10.1. The highest BCUT2D eigenvalue weighted by atomic mass is 32.2. The van der Waals surface area contributed by atoms with Crippen LogP contribution in [0.4, 0.5) is 0 Å². The number of amides is 5. The Hall–Kier alpha value is -1.95. The summed E-state index contributed by atoms with van der Waals surface area (Å²) in [5, 5.41) is 13.8. The van der Waals surface area contributed by atoms with Gasteiger partial charge in [0.05, 0.1) is 0 Å². The van der Waals surface area contributed by atoms with E-state index in [1.165, 1.54) is 0 Å². The van der Waals surface area contributed by atoms with Crippen LogP contribution in [0.1, 0.15) is 97.3 Å². The zero-order valence-electron chi connectivity index (χ0n) is 25.3. The minimum atomic E-state index is 0. The highest BCUT2D eigenvalue weighted by Gasteiger charge is 2.03. The van der Waals surface area contributed by atoms with Crippen molar-refractivity contribution >= 4 is 53.1 Å². The molecule has 0 heterocycles. The Labute approximate surface area is 258 Å². The van der Waals surface area contributed by atoms with Crippen LogP contribution in [0.5, 0.6) is 0 Å². The van der Waals surface area contributed by atoms with E-state index in [2.05, 4.69) is 26.6 Å². The molecule has 0 atom stereocenters. The molecule has 0 aromatic rings. The third kappa shape index (κ3) is 36.0. The average Bonchev–Trinajstić information content (AvgIpc) is 2.96. The van der Waals surface area contributed by atoms with E-state index >= 15 is 0 Å². The van der Waals surface area contributed by atoms with Crippen LogP contribution in [0.2, 0.25) is 0 Å². The van der Waals surface area contributed by atoms with Crippen LogP contribution in [0.25, 0.3) is 0 Å². The number of hydrogen-bond acceptors (Lipinski definition) is 7. The van der Waals surface area contributed by atoms with E-state index in [1.54, 1.807) is 37.6 Å². The first-order chi connectivity index (χ1) is 19.3. The number of hydrogen-bond donors (Lipinski definition) is 5. The Balaban J connectivity index is -0.000000742. The third-order valence-electron chi connectivity index (χ3n) is 5.83. The lowest BCUT2D eigenvalue weighted by Crippen LogP contribution is -2.25. The quantitative estimate of drug-likeness (QED) is 0.104. The van der Waals surface area contributed by atoms with Crippen LogP contribution in [0.3, 0.4) is 0 Å². The summed E-state index contributed by atoms with van der Waals surface area (Å²) in [6, 6.07) is 0. The van der Waals surface area contributed by atoms with Crippen molar-refractivity contribution in [2.24, 2.45) is 0 Å². The van der Waals surface area contributed by atoms with Gasteiger partial charge in [-0.05, 0) is 51.0 Å². The molecule has 0 saturated heterocycles. The van der Waals surface area contributed by atoms with Crippen LogP contribution in [-0.4, -0.2) is 87.3 Å². The average molecular weight is 622 g/mol. The van der Waals surface area contributed by atoms with E-state index in [1.807, 2.05) is 12.5 Å². The molecule has 0 saturated carbocycles. The second kappa shape index (κ2) is 34.3. The molecule has 10 nitrogen and oxygen atoms in total. The van der Waals surface area contributed by atoms with Crippen LogP contribution in [0, 0.1) is 0 Å². The van der Waals surface area contributed by atoms with Gasteiger partial charge in [-0.15, -0.1) is 0 Å². The molecule has 0 aliphatic heterocycles. The molecular weight excluding hydrogens is 562 g/mol. The molecule has 242 valence electrons. The number of thioether (sulfide) groups is 2. The summed E-state index contributed by atoms with van der Waals surface area (Å²) in [6.07, 6.45) is 15.1. The van der Waals surface area contributed by atoms with Gasteiger partial charge in [-0.25, -0.2) is 0 Å². The maximum absolute atomic E-state index is 11.6. The number of unbranched alkanes of at least 4 members (excludes halogenated alkanes) is 6. The fourth-order valence-electron chi connectivity index (χ4n) is 3.35. The topological polar surface area (TPSA) is 146 Å².